The zero-order chi connectivity index (χ0) is 44.6. The lowest BCUT2D eigenvalue weighted by molar-refractivity contribution is -0.223. The summed E-state index contributed by atoms with van der Waals surface area (Å²) in [5.74, 6) is -2.80. The molecule has 4 heterocycles. The number of hydroxylamine groups is 2. The molecule has 1 aromatic carbocycles. The van der Waals surface area contributed by atoms with E-state index in [9.17, 15) is 34.2 Å². The highest BCUT2D eigenvalue weighted by atomic mass is 35.5. The number of epoxide rings is 1. The van der Waals surface area contributed by atoms with Gasteiger partial charge < -0.3 is 57.8 Å². The van der Waals surface area contributed by atoms with Crippen molar-refractivity contribution in [1.82, 2.24) is 10.4 Å². The molecule has 3 fully saturated rings. The van der Waals surface area contributed by atoms with Crippen LogP contribution in [-0.4, -0.2) is 147 Å². The van der Waals surface area contributed by atoms with Crippen molar-refractivity contribution < 1.29 is 76.9 Å². The van der Waals surface area contributed by atoms with Gasteiger partial charge in [-0.2, -0.15) is 0 Å². The molecule has 3 saturated heterocycles. The van der Waals surface area contributed by atoms with E-state index in [2.05, 4.69) is 5.32 Å². The van der Waals surface area contributed by atoms with Gasteiger partial charge in [0.15, 0.2) is 18.1 Å². The fraction of sp³-hybridized carbons (Fsp3) is 0.634. The highest BCUT2D eigenvalue weighted by Crippen LogP contribution is 2.49. The maximum Gasteiger partial charge on any atom is 0.409 e. The van der Waals surface area contributed by atoms with E-state index in [0.29, 0.717) is 22.9 Å². The first-order valence-electron chi connectivity index (χ1n) is 20.0. The van der Waals surface area contributed by atoms with Crippen molar-refractivity contribution in [2.24, 2.45) is 5.92 Å². The SMILES string of the molecule is COc1cc2cc(c1Cl)N(C)C(=O)C[C@H](OC(=O)[C@H](C)OCCOCCOCC(=O)ON1C(=O)CCC1O)[C@]1(C)O[C@H]1[C@H](C)C1C[C@@](O)(NC(=O)O1)[C@H](OC)/C=C/C=C(\C)C2. The third-order valence-corrected chi connectivity index (χ3v) is 11.4. The van der Waals surface area contributed by atoms with Crippen LogP contribution in [0.1, 0.15) is 58.9 Å². The van der Waals surface area contributed by atoms with Crippen LogP contribution in [0.25, 0.3) is 0 Å². The van der Waals surface area contributed by atoms with Gasteiger partial charge in [-0.05, 0) is 44.9 Å². The summed E-state index contributed by atoms with van der Waals surface area (Å²) in [5.41, 5.74) is -1.03. The summed E-state index contributed by atoms with van der Waals surface area (Å²) in [6.07, 6.45) is -1.35. The van der Waals surface area contributed by atoms with Gasteiger partial charge in [-0.25, -0.2) is 14.4 Å². The Morgan fingerprint density at radius 2 is 1.82 bits per heavy atom. The number of benzene rings is 1. The molecule has 9 atom stereocenters. The summed E-state index contributed by atoms with van der Waals surface area (Å²) in [6.45, 7) is 6.48. The Hall–Kier alpha value is -4.34. The molecule has 4 aliphatic rings. The molecule has 20 heteroatoms. The number of hydrogen-bond acceptors (Lipinski definition) is 16. The topological polar surface area (TPSA) is 231 Å². The van der Waals surface area contributed by atoms with Gasteiger partial charge in [0.25, 0.3) is 5.91 Å². The zero-order valence-electron chi connectivity index (χ0n) is 35.4. The number of alkyl carbamates (subject to hydrolysis) is 1. The summed E-state index contributed by atoms with van der Waals surface area (Å²) >= 11 is 6.76. The quantitative estimate of drug-likeness (QED) is 0.138. The van der Waals surface area contributed by atoms with Gasteiger partial charge in [0.2, 0.25) is 5.91 Å². The number of carbonyl (C=O) groups excluding carboxylic acids is 5. The number of aliphatic hydroxyl groups is 2. The fourth-order valence-electron chi connectivity index (χ4n) is 7.46. The molecule has 0 saturated carbocycles. The molecule has 0 radical (unpaired) electrons. The van der Waals surface area contributed by atoms with E-state index in [4.69, 9.17) is 54.3 Å². The number of anilines is 1. The van der Waals surface area contributed by atoms with Gasteiger partial charge in [0, 0.05) is 39.3 Å². The number of esters is 1. The van der Waals surface area contributed by atoms with Crippen LogP contribution < -0.4 is 15.0 Å². The fourth-order valence-corrected chi connectivity index (χ4v) is 7.78. The van der Waals surface area contributed by atoms with Gasteiger partial charge in [-0.1, -0.05) is 42.3 Å². The monoisotopic (exact) mass is 881 g/mol. The first kappa shape index (κ1) is 47.7. The Bertz CT molecular complexity index is 1850. The average Bonchev–Trinajstić information content (AvgIpc) is 3.82. The predicted molar refractivity (Wildman–Crippen MR) is 214 cm³/mol. The minimum absolute atomic E-state index is 0.00433. The molecule has 19 nitrogen and oxygen atoms in total. The van der Waals surface area contributed by atoms with E-state index in [1.165, 1.54) is 26.0 Å². The van der Waals surface area contributed by atoms with E-state index in [1.54, 1.807) is 45.2 Å². The van der Waals surface area contributed by atoms with Crippen LogP contribution in [0.2, 0.25) is 5.02 Å². The van der Waals surface area contributed by atoms with Crippen molar-refractivity contribution in [1.29, 1.82) is 0 Å². The Kier molecular flexibility index (Phi) is 16.2. The number of amides is 3. The molecule has 61 heavy (non-hydrogen) atoms. The first-order valence-corrected chi connectivity index (χ1v) is 20.4. The summed E-state index contributed by atoms with van der Waals surface area (Å²) in [4.78, 5) is 70.3. The second kappa shape index (κ2) is 20.7. The number of nitrogens with one attached hydrogen (secondary N) is 1. The lowest BCUT2D eigenvalue weighted by Gasteiger charge is -2.42. The smallest absolute Gasteiger partial charge is 0.409 e. The zero-order valence-corrected chi connectivity index (χ0v) is 36.1. The maximum absolute atomic E-state index is 14.1. The van der Waals surface area contributed by atoms with E-state index >= 15 is 0 Å². The van der Waals surface area contributed by atoms with Crippen molar-refractivity contribution in [3.8, 4) is 5.75 Å². The number of halogens is 1. The van der Waals surface area contributed by atoms with Crippen LogP contribution in [0.5, 0.6) is 5.75 Å². The second-order valence-electron chi connectivity index (χ2n) is 15.6. The third kappa shape index (κ3) is 11.8. The van der Waals surface area contributed by atoms with Crippen molar-refractivity contribution >= 4 is 47.1 Å². The Labute approximate surface area is 359 Å². The molecule has 3 amide bonds. The molecule has 0 aromatic heterocycles. The molecule has 4 aliphatic heterocycles. The highest BCUT2D eigenvalue weighted by molar-refractivity contribution is 6.35. The third-order valence-electron chi connectivity index (χ3n) is 11.1. The lowest BCUT2D eigenvalue weighted by atomic mass is 9.83. The molecule has 5 rings (SSSR count). The number of methoxy groups -OCH3 is 2. The molecule has 4 bridgehead atoms. The second-order valence-corrected chi connectivity index (χ2v) is 16.0. The van der Waals surface area contributed by atoms with Gasteiger partial charge in [-0.3, -0.25) is 14.9 Å². The van der Waals surface area contributed by atoms with E-state index in [-0.39, 0.29) is 57.1 Å². The summed E-state index contributed by atoms with van der Waals surface area (Å²) < 4.78 is 45.4. The average molecular weight is 882 g/mol. The molecule has 2 unspecified atom stereocenters. The molecular weight excluding hydrogens is 826 g/mol. The van der Waals surface area contributed by atoms with E-state index < -0.39 is 90.4 Å². The Balaban J connectivity index is 1.26. The van der Waals surface area contributed by atoms with Crippen LogP contribution in [0.15, 0.2) is 35.9 Å². The molecule has 1 aromatic rings. The molecule has 338 valence electrons. The minimum Gasteiger partial charge on any atom is -0.495 e. The number of fused-ring (bicyclic) bond motifs is 5. The first-order chi connectivity index (χ1) is 28.9. The molecule has 3 N–H and O–H groups in total. The Morgan fingerprint density at radius 1 is 1.10 bits per heavy atom. The number of nitrogens with zero attached hydrogens (tertiary/aromatic N) is 2. The molecule has 0 spiro atoms. The van der Waals surface area contributed by atoms with Gasteiger partial charge >= 0.3 is 18.0 Å². The molecule has 0 aliphatic carbocycles. The Morgan fingerprint density at radius 3 is 2.51 bits per heavy atom. The van der Waals surface area contributed by atoms with Crippen LogP contribution >= 0.6 is 11.6 Å². The van der Waals surface area contributed by atoms with Crippen LogP contribution in [0.4, 0.5) is 10.5 Å². The van der Waals surface area contributed by atoms with E-state index in [1.807, 2.05) is 13.0 Å². The van der Waals surface area contributed by atoms with Crippen LogP contribution in [-0.2, 0) is 63.6 Å². The summed E-state index contributed by atoms with van der Waals surface area (Å²) in [5, 5.41) is 24.8. The van der Waals surface area contributed by atoms with Crippen molar-refractivity contribution in [3.05, 3.63) is 46.5 Å². The number of allylic oxidation sites excluding steroid dienone is 3. The van der Waals surface area contributed by atoms with Gasteiger partial charge in [0.05, 0.1) is 51.7 Å². The largest absolute Gasteiger partial charge is 0.495 e. The minimum atomic E-state index is -1.85. The number of carbonyl (C=O) groups is 5. The highest BCUT2D eigenvalue weighted by Gasteiger charge is 2.64. The summed E-state index contributed by atoms with van der Waals surface area (Å²) in [6, 6.07) is 3.55. The number of ether oxygens (including phenoxy) is 8. The van der Waals surface area contributed by atoms with Crippen LogP contribution in [0, 0.1) is 5.92 Å². The normalized spacial score (nSPS) is 31.2. The number of hydrogen-bond donors (Lipinski definition) is 3. The van der Waals surface area contributed by atoms with Gasteiger partial charge in [0.1, 0.15) is 41.3 Å². The predicted octanol–water partition coefficient (Wildman–Crippen LogP) is 2.50. The van der Waals surface area contributed by atoms with Crippen molar-refractivity contribution in [2.75, 3.05) is 59.2 Å². The molecular formula is C41H56ClN3O16. The van der Waals surface area contributed by atoms with Crippen LogP contribution in [0.3, 0.4) is 0 Å². The van der Waals surface area contributed by atoms with Gasteiger partial charge in [-0.15, -0.1) is 5.06 Å². The number of aliphatic hydroxyl groups excluding tert-OH is 1. The lowest BCUT2D eigenvalue weighted by Crippen LogP contribution is -2.63. The van der Waals surface area contributed by atoms with E-state index in [0.717, 1.165) is 11.1 Å². The van der Waals surface area contributed by atoms with Crippen molar-refractivity contribution in [2.45, 2.75) is 108 Å². The summed E-state index contributed by atoms with van der Waals surface area (Å²) in [7, 11) is 4.45. The standard InChI is InChI=1S/C41H56ClN3O16/c1-23-9-8-10-30(54-7)41(52)21-29(58-39(51)43-41)24(2)37-40(4,60-37)31(20-34(48)44(5)27-18-26(17-23)19-28(53-6)36(27)42)59-38(50)25(3)57-16-15-55-13-14-56-22-35(49)61-45-32(46)11-12-33(45)47/h8-10,18-19,24-25,29-32,37,46,52H,11-17,20-22H2,1-7H3,(H,43,51)/b10-8+,23-9+/t24-,25+,29?,30-,31+,32?,37+,40+,41+/m1/s1. The van der Waals surface area contributed by atoms with Crippen molar-refractivity contribution in [3.63, 3.8) is 0 Å². The number of rotatable bonds is 14. The maximum atomic E-state index is 14.1.